The van der Waals surface area contributed by atoms with Crippen LogP contribution < -0.4 is 10.3 Å². The molecular weight excluding hydrogens is 305 g/mol. The van der Waals surface area contributed by atoms with Crippen LogP contribution in [0.15, 0.2) is 41.3 Å². The number of ether oxygens (including phenoxy) is 1. The molecule has 2 aromatic rings. The fourth-order valence-corrected chi connectivity index (χ4v) is 1.66. The van der Waals surface area contributed by atoms with Crippen molar-refractivity contribution in [3.63, 3.8) is 0 Å². The van der Waals surface area contributed by atoms with Gasteiger partial charge in [0, 0.05) is 6.20 Å². The highest BCUT2D eigenvalue weighted by Gasteiger charge is 2.29. The summed E-state index contributed by atoms with van der Waals surface area (Å²) in [6, 6.07) is 6.40. The van der Waals surface area contributed by atoms with Gasteiger partial charge >= 0.3 is 12.1 Å². The first-order valence-electron chi connectivity index (χ1n) is 5.90. The molecule has 1 aromatic carbocycles. The average molecular weight is 314 g/mol. The standard InChI is InChI=1S/C13H9F3N2O4/c14-13(15,16)7-22-10-4-2-1-3-9(10)18-11(19)8(12(20)21)5-6-17-18/h1-6H,7H2,(H,20,21). The van der Waals surface area contributed by atoms with E-state index in [0.29, 0.717) is 4.68 Å². The van der Waals surface area contributed by atoms with Crippen LogP contribution in [0.3, 0.4) is 0 Å². The molecule has 2 rings (SSSR count). The Labute approximate surface area is 121 Å². The van der Waals surface area contributed by atoms with E-state index >= 15 is 0 Å². The summed E-state index contributed by atoms with van der Waals surface area (Å²) in [6.45, 7) is -1.54. The topological polar surface area (TPSA) is 81.4 Å². The summed E-state index contributed by atoms with van der Waals surface area (Å²) in [5.41, 5.74) is -1.61. The molecule has 0 radical (unpaired) electrons. The normalized spacial score (nSPS) is 11.2. The van der Waals surface area contributed by atoms with Gasteiger partial charge in [0.2, 0.25) is 0 Å². The lowest BCUT2D eigenvalue weighted by molar-refractivity contribution is -0.153. The molecule has 0 saturated heterocycles. The summed E-state index contributed by atoms with van der Waals surface area (Å²) >= 11 is 0. The maximum absolute atomic E-state index is 12.2. The summed E-state index contributed by atoms with van der Waals surface area (Å²) in [7, 11) is 0. The van der Waals surface area contributed by atoms with E-state index in [1.807, 2.05) is 0 Å². The first-order valence-corrected chi connectivity index (χ1v) is 5.90. The Bertz CT molecular complexity index is 755. The Morgan fingerprint density at radius 1 is 1.27 bits per heavy atom. The Morgan fingerprint density at radius 3 is 2.59 bits per heavy atom. The fraction of sp³-hybridized carbons (Fsp3) is 0.154. The van der Waals surface area contributed by atoms with Crippen LogP contribution in [0.2, 0.25) is 0 Å². The highest BCUT2D eigenvalue weighted by Crippen LogP contribution is 2.23. The molecule has 1 heterocycles. The molecule has 0 unspecified atom stereocenters. The van der Waals surface area contributed by atoms with Crippen LogP contribution in [0.25, 0.3) is 5.69 Å². The molecule has 0 bridgehead atoms. The second-order valence-corrected chi connectivity index (χ2v) is 4.14. The van der Waals surface area contributed by atoms with Crippen molar-refractivity contribution < 1.29 is 27.8 Å². The minimum Gasteiger partial charge on any atom is -0.482 e. The van der Waals surface area contributed by atoms with Crippen molar-refractivity contribution in [2.24, 2.45) is 0 Å². The quantitative estimate of drug-likeness (QED) is 0.931. The average Bonchev–Trinajstić information content (AvgIpc) is 2.45. The molecule has 0 spiro atoms. The van der Waals surface area contributed by atoms with E-state index in [1.54, 1.807) is 0 Å². The van der Waals surface area contributed by atoms with Gasteiger partial charge in [0.25, 0.3) is 5.56 Å². The monoisotopic (exact) mass is 314 g/mol. The van der Waals surface area contributed by atoms with Gasteiger partial charge in [-0.3, -0.25) is 4.79 Å². The Kier molecular flexibility index (Phi) is 4.15. The lowest BCUT2D eigenvalue weighted by Crippen LogP contribution is -2.27. The largest absolute Gasteiger partial charge is 0.482 e. The number of rotatable bonds is 4. The molecule has 0 fully saturated rings. The zero-order valence-corrected chi connectivity index (χ0v) is 10.9. The Balaban J connectivity index is 2.48. The number of hydrogen-bond acceptors (Lipinski definition) is 4. The van der Waals surface area contributed by atoms with Crippen molar-refractivity contribution in [2.75, 3.05) is 6.61 Å². The van der Waals surface area contributed by atoms with Crippen molar-refractivity contribution in [1.82, 2.24) is 9.78 Å². The van der Waals surface area contributed by atoms with Crippen LogP contribution >= 0.6 is 0 Å². The van der Waals surface area contributed by atoms with Gasteiger partial charge in [-0.25, -0.2) is 4.79 Å². The van der Waals surface area contributed by atoms with Gasteiger partial charge < -0.3 is 9.84 Å². The molecule has 0 atom stereocenters. The maximum Gasteiger partial charge on any atom is 0.422 e. The van der Waals surface area contributed by atoms with Gasteiger partial charge in [-0.05, 0) is 18.2 Å². The number of aromatic nitrogens is 2. The molecule has 0 aliphatic carbocycles. The molecule has 1 N–H and O–H groups in total. The maximum atomic E-state index is 12.2. The highest BCUT2D eigenvalue weighted by molar-refractivity contribution is 5.87. The predicted octanol–water partition coefficient (Wildman–Crippen LogP) is 1.87. The van der Waals surface area contributed by atoms with Gasteiger partial charge in [-0.15, -0.1) is 0 Å². The molecular formula is C13H9F3N2O4. The lowest BCUT2D eigenvalue weighted by atomic mass is 10.2. The van der Waals surface area contributed by atoms with Gasteiger partial charge in [-0.1, -0.05) is 12.1 Å². The summed E-state index contributed by atoms with van der Waals surface area (Å²) in [4.78, 5) is 22.9. The molecule has 6 nitrogen and oxygen atoms in total. The molecule has 0 aliphatic heterocycles. The third-order valence-electron chi connectivity index (χ3n) is 2.56. The van der Waals surface area contributed by atoms with Crippen LogP contribution in [0.5, 0.6) is 5.75 Å². The van der Waals surface area contributed by atoms with E-state index in [0.717, 1.165) is 12.3 Å². The van der Waals surface area contributed by atoms with Crippen LogP contribution in [-0.4, -0.2) is 33.6 Å². The molecule has 9 heteroatoms. The van der Waals surface area contributed by atoms with Crippen molar-refractivity contribution in [1.29, 1.82) is 0 Å². The lowest BCUT2D eigenvalue weighted by Gasteiger charge is -2.13. The van der Waals surface area contributed by atoms with Crippen LogP contribution in [-0.2, 0) is 0 Å². The van der Waals surface area contributed by atoms with Gasteiger partial charge in [0.15, 0.2) is 6.61 Å². The highest BCUT2D eigenvalue weighted by atomic mass is 19.4. The van der Waals surface area contributed by atoms with Crippen LogP contribution in [0.1, 0.15) is 10.4 Å². The van der Waals surface area contributed by atoms with Crippen molar-refractivity contribution in [2.45, 2.75) is 6.18 Å². The van der Waals surface area contributed by atoms with Crippen molar-refractivity contribution >= 4 is 5.97 Å². The second-order valence-electron chi connectivity index (χ2n) is 4.14. The van der Waals surface area contributed by atoms with Gasteiger partial charge in [-0.2, -0.15) is 23.0 Å². The zero-order valence-electron chi connectivity index (χ0n) is 10.9. The van der Waals surface area contributed by atoms with E-state index in [1.165, 1.54) is 24.3 Å². The smallest absolute Gasteiger partial charge is 0.422 e. The van der Waals surface area contributed by atoms with Crippen molar-refractivity contribution in [3.8, 4) is 11.4 Å². The SMILES string of the molecule is O=C(O)c1ccnn(-c2ccccc2OCC(F)(F)F)c1=O. The van der Waals surface area contributed by atoms with Crippen LogP contribution in [0, 0.1) is 0 Å². The number of halogens is 3. The molecule has 0 aliphatic rings. The number of carboxylic acids is 1. The predicted molar refractivity (Wildman–Crippen MR) is 68.3 cm³/mol. The summed E-state index contributed by atoms with van der Waals surface area (Å²) in [5, 5.41) is 12.6. The minimum absolute atomic E-state index is 0.0835. The zero-order chi connectivity index (χ0) is 16.3. The Hall–Kier alpha value is -2.84. The third kappa shape index (κ3) is 3.43. The summed E-state index contributed by atoms with van der Waals surface area (Å²) in [6.07, 6.45) is -3.49. The molecule has 116 valence electrons. The van der Waals surface area contributed by atoms with E-state index in [4.69, 9.17) is 5.11 Å². The van der Waals surface area contributed by atoms with Crippen molar-refractivity contribution in [3.05, 3.63) is 52.4 Å². The number of nitrogens with zero attached hydrogens (tertiary/aromatic N) is 2. The fourth-order valence-electron chi connectivity index (χ4n) is 1.66. The van der Waals surface area contributed by atoms with E-state index < -0.39 is 29.9 Å². The first kappa shape index (κ1) is 15.5. The molecule has 22 heavy (non-hydrogen) atoms. The van der Waals surface area contributed by atoms with Gasteiger partial charge in [0.1, 0.15) is 17.0 Å². The number of para-hydroxylation sites is 2. The Morgan fingerprint density at radius 2 is 1.95 bits per heavy atom. The van der Waals surface area contributed by atoms with Gasteiger partial charge in [0.05, 0.1) is 0 Å². The second kappa shape index (κ2) is 5.88. The first-order chi connectivity index (χ1) is 10.3. The number of alkyl halides is 3. The summed E-state index contributed by atoms with van der Waals surface area (Å²) < 4.78 is 42.0. The van der Waals surface area contributed by atoms with E-state index in [2.05, 4.69) is 9.84 Å². The minimum atomic E-state index is -4.55. The number of aromatic carboxylic acids is 1. The molecule has 0 saturated carbocycles. The number of hydrogen-bond donors (Lipinski definition) is 1. The molecule has 0 amide bonds. The van der Waals surface area contributed by atoms with E-state index in [9.17, 15) is 22.8 Å². The number of carbonyl (C=O) groups is 1. The summed E-state index contributed by atoms with van der Waals surface area (Å²) in [5.74, 6) is -1.70. The third-order valence-corrected chi connectivity index (χ3v) is 2.56. The number of carboxylic acid groups (broad SMARTS) is 1. The van der Waals surface area contributed by atoms with Crippen LogP contribution in [0.4, 0.5) is 13.2 Å². The molecule has 1 aromatic heterocycles. The van der Waals surface area contributed by atoms with E-state index in [-0.39, 0.29) is 11.4 Å². The number of benzene rings is 1.